The quantitative estimate of drug-likeness (QED) is 0.0521. The fourth-order valence-electron chi connectivity index (χ4n) is 7.44. The second-order valence-corrected chi connectivity index (χ2v) is 25.2. The number of anilines is 7. The van der Waals surface area contributed by atoms with Crippen LogP contribution in [0.5, 0.6) is 0 Å². The standard InChI is InChI=1S/C25H30F3N6OP.C13H12ClF3N3OP.C12H19N3/c1-33-12-14-34(15-13-33)20-8-4-18(5-9-20)16-29-23-22(25(26,27)28)17-30-24(32-23)31-19-6-10-21(11-7-19)36(2,3)35;1-22(2,21)9-5-3-8(4-6-9)19-12-18-7-10(11(14)20-12)13(15,16)17;1-14-6-8-15(9-7-14)12-4-2-11(10-13)3-5-12/h4-11,17H,12-16H2,1-3H3,(H2,29,30,31,32);3-7H,1-2H3,(H,18,19,20);2-5H,6-10,13H2,1H3. The minimum atomic E-state index is -4.60. The van der Waals surface area contributed by atoms with Gasteiger partial charge in [0.1, 0.15) is 36.4 Å². The van der Waals surface area contributed by atoms with Crippen molar-refractivity contribution in [1.82, 2.24) is 29.7 Å². The van der Waals surface area contributed by atoms with Crippen LogP contribution in [0.4, 0.5) is 66.8 Å². The molecule has 392 valence electrons. The van der Waals surface area contributed by atoms with E-state index in [4.69, 9.17) is 17.3 Å². The molecule has 73 heavy (non-hydrogen) atoms. The van der Waals surface area contributed by atoms with Crippen LogP contribution >= 0.6 is 25.9 Å². The zero-order valence-electron chi connectivity index (χ0n) is 41.5. The number of nitrogens with two attached hydrogens (primary N) is 1. The molecule has 0 unspecified atom stereocenters. The van der Waals surface area contributed by atoms with Crippen LogP contribution in [0.25, 0.3) is 0 Å². The van der Waals surface area contributed by atoms with Crippen molar-refractivity contribution in [3.63, 3.8) is 0 Å². The lowest BCUT2D eigenvalue weighted by molar-refractivity contribution is -0.138. The maximum Gasteiger partial charge on any atom is 0.421 e. The van der Waals surface area contributed by atoms with Gasteiger partial charge in [-0.1, -0.05) is 35.9 Å². The summed E-state index contributed by atoms with van der Waals surface area (Å²) in [7, 11) is -0.489. The van der Waals surface area contributed by atoms with E-state index in [1.165, 1.54) is 11.3 Å². The largest absolute Gasteiger partial charge is 0.421 e. The Bertz CT molecular complexity index is 2820. The number of piperazine rings is 2. The van der Waals surface area contributed by atoms with Crippen molar-refractivity contribution in [2.75, 3.05) is 119 Å². The molecule has 0 atom stereocenters. The maximum atomic E-state index is 13.6. The van der Waals surface area contributed by atoms with Crippen LogP contribution in [0.1, 0.15) is 22.3 Å². The van der Waals surface area contributed by atoms with Crippen LogP contribution in [0.3, 0.4) is 0 Å². The number of rotatable bonds is 12. The van der Waals surface area contributed by atoms with E-state index >= 15 is 0 Å². The smallest absolute Gasteiger partial charge is 0.369 e. The first-order valence-electron chi connectivity index (χ1n) is 23.2. The summed E-state index contributed by atoms with van der Waals surface area (Å²) in [5, 5.41) is 9.22. The van der Waals surface area contributed by atoms with Crippen LogP contribution in [0.15, 0.2) is 109 Å². The highest BCUT2D eigenvalue weighted by Gasteiger charge is 2.36. The van der Waals surface area contributed by atoms with Crippen LogP contribution in [0.2, 0.25) is 5.15 Å². The third kappa shape index (κ3) is 16.9. The van der Waals surface area contributed by atoms with Gasteiger partial charge in [-0.2, -0.15) is 31.3 Å². The number of likely N-dealkylation sites (N-methyl/N-ethyl adjacent to an activating group) is 2. The molecule has 0 saturated carbocycles. The number of hydrogen-bond donors (Lipinski definition) is 4. The van der Waals surface area contributed by atoms with E-state index in [0.29, 0.717) is 34.7 Å². The van der Waals surface area contributed by atoms with Crippen LogP contribution in [-0.2, 0) is 34.6 Å². The van der Waals surface area contributed by atoms with Crippen LogP contribution in [0, 0.1) is 0 Å². The lowest BCUT2D eigenvalue weighted by Gasteiger charge is -2.34. The second kappa shape index (κ2) is 24.5. The van der Waals surface area contributed by atoms with Gasteiger partial charge >= 0.3 is 12.4 Å². The zero-order chi connectivity index (χ0) is 53.1. The summed E-state index contributed by atoms with van der Waals surface area (Å²) in [5.41, 5.74) is 9.15. The average molecular weight is 1070 g/mol. The molecule has 0 amide bonds. The Morgan fingerprint density at radius 1 is 0.562 bits per heavy atom. The molecule has 4 heterocycles. The first-order valence-corrected chi connectivity index (χ1v) is 28.8. The summed E-state index contributed by atoms with van der Waals surface area (Å²) in [4.78, 5) is 24.5. The van der Waals surface area contributed by atoms with Crippen molar-refractivity contribution in [2.24, 2.45) is 5.73 Å². The summed E-state index contributed by atoms with van der Waals surface area (Å²) in [6.07, 6.45) is -7.80. The Morgan fingerprint density at radius 3 is 1.32 bits per heavy atom. The van der Waals surface area contributed by atoms with Crippen molar-refractivity contribution >= 4 is 77.0 Å². The van der Waals surface area contributed by atoms with Crippen LogP contribution in [-0.4, -0.2) is 123 Å². The minimum absolute atomic E-state index is 0.0276. The first-order chi connectivity index (χ1) is 34.3. The van der Waals surface area contributed by atoms with Crippen molar-refractivity contribution in [2.45, 2.75) is 25.4 Å². The molecule has 0 radical (unpaired) electrons. The van der Waals surface area contributed by atoms with E-state index in [-0.39, 0.29) is 24.3 Å². The Kier molecular flexibility index (Phi) is 19.0. The fraction of sp³-hybridized carbons (Fsp3) is 0.360. The third-order valence-corrected chi connectivity index (χ3v) is 15.3. The number of alkyl halides is 6. The molecule has 6 aromatic rings. The molecule has 5 N–H and O–H groups in total. The highest BCUT2D eigenvalue weighted by atomic mass is 35.5. The molecule has 4 aromatic carbocycles. The molecule has 8 rings (SSSR count). The summed E-state index contributed by atoms with van der Waals surface area (Å²) >= 11 is 5.52. The molecule has 2 aromatic heterocycles. The molecule has 0 aliphatic carbocycles. The van der Waals surface area contributed by atoms with Gasteiger partial charge in [0.25, 0.3) is 0 Å². The Morgan fingerprint density at radius 2 is 0.945 bits per heavy atom. The molecule has 2 saturated heterocycles. The number of nitrogens with zero attached hydrogens (tertiary/aromatic N) is 8. The number of aromatic nitrogens is 4. The van der Waals surface area contributed by atoms with E-state index in [1.807, 2.05) is 24.3 Å². The SMILES string of the molecule is CN1CCN(c2ccc(CN)cc2)CC1.CN1CCN(c2ccc(CNc3nc(Nc4ccc(P(C)(C)=O)cc4)ncc3C(F)(F)F)cc2)CC1.CP(C)(=O)c1ccc(Nc2ncc(C(F)(F)F)c(Cl)n2)cc1. The fourth-order valence-corrected chi connectivity index (χ4v) is 9.41. The van der Waals surface area contributed by atoms with Gasteiger partial charge in [-0.3, -0.25) is 0 Å². The Balaban J connectivity index is 0.000000198. The van der Waals surface area contributed by atoms with E-state index in [9.17, 15) is 35.5 Å². The Labute approximate surface area is 427 Å². The van der Waals surface area contributed by atoms with E-state index in [1.54, 1.807) is 75.2 Å². The second-order valence-electron chi connectivity index (χ2n) is 18.4. The van der Waals surface area contributed by atoms with Gasteiger partial charge in [-0.25, -0.2) is 15.0 Å². The molecular formula is C50H61ClF6N12O2P2. The topological polar surface area (TPSA) is 161 Å². The number of benzene rings is 4. The predicted molar refractivity (Wildman–Crippen MR) is 284 cm³/mol. The van der Waals surface area contributed by atoms with Crippen molar-refractivity contribution in [3.8, 4) is 0 Å². The monoisotopic (exact) mass is 1070 g/mol. The average Bonchev–Trinajstić information content (AvgIpc) is 3.34. The van der Waals surface area contributed by atoms with E-state index < -0.39 is 42.9 Å². The zero-order valence-corrected chi connectivity index (χ0v) is 44.0. The highest BCUT2D eigenvalue weighted by molar-refractivity contribution is 7.70. The number of nitrogens with one attached hydrogen (secondary N) is 3. The summed E-state index contributed by atoms with van der Waals surface area (Å²) in [6, 6.07) is 29.9. The van der Waals surface area contributed by atoms with Crippen molar-refractivity contribution in [1.29, 1.82) is 0 Å². The molecule has 2 fully saturated rings. The van der Waals surface area contributed by atoms with Gasteiger partial charge in [0.15, 0.2) is 0 Å². The summed E-state index contributed by atoms with van der Waals surface area (Å²) in [5.74, 6) is -0.326. The Hall–Kier alpha value is -5.75. The van der Waals surface area contributed by atoms with Gasteiger partial charge in [0.05, 0.1) is 0 Å². The van der Waals surface area contributed by atoms with Gasteiger partial charge in [0, 0.05) is 111 Å². The van der Waals surface area contributed by atoms with Gasteiger partial charge in [-0.05, 0) is 125 Å². The number of hydrogen-bond acceptors (Lipinski definition) is 14. The van der Waals surface area contributed by atoms with Crippen LogP contribution < -0.4 is 42.1 Å². The lowest BCUT2D eigenvalue weighted by atomic mass is 10.1. The normalized spacial score (nSPS) is 14.9. The first kappa shape index (κ1) is 56.5. The van der Waals surface area contributed by atoms with Crippen molar-refractivity contribution in [3.05, 3.63) is 137 Å². The highest BCUT2D eigenvalue weighted by Crippen LogP contribution is 2.38. The number of halogens is 7. The lowest BCUT2D eigenvalue weighted by Crippen LogP contribution is -2.44. The molecule has 2 aliphatic rings. The predicted octanol–water partition coefficient (Wildman–Crippen LogP) is 9.89. The third-order valence-electron chi connectivity index (χ3n) is 11.9. The molecule has 23 heteroatoms. The molecule has 0 bridgehead atoms. The van der Waals surface area contributed by atoms with Gasteiger partial charge in [-0.15, -0.1) is 0 Å². The molecule has 14 nitrogen and oxygen atoms in total. The molecule has 2 aliphatic heterocycles. The van der Waals surface area contributed by atoms with Gasteiger partial charge < -0.3 is 50.4 Å². The molecular weight excluding hydrogens is 1010 g/mol. The maximum absolute atomic E-state index is 13.6. The van der Waals surface area contributed by atoms with Gasteiger partial charge in [0.2, 0.25) is 11.9 Å². The van der Waals surface area contributed by atoms with E-state index in [2.05, 4.69) is 93.8 Å². The van der Waals surface area contributed by atoms with E-state index in [0.717, 1.165) is 69.8 Å². The summed E-state index contributed by atoms with van der Waals surface area (Å²) in [6.45, 7) is 15.9. The molecule has 0 spiro atoms. The summed E-state index contributed by atoms with van der Waals surface area (Å²) < 4.78 is 103. The van der Waals surface area contributed by atoms with Crippen molar-refractivity contribution < 1.29 is 35.5 Å². The minimum Gasteiger partial charge on any atom is -0.369 e.